The van der Waals surface area contributed by atoms with Crippen LogP contribution in [0.3, 0.4) is 0 Å². The van der Waals surface area contributed by atoms with Crippen LogP contribution in [0.15, 0.2) is 29.0 Å². The molecule has 6 heteroatoms. The summed E-state index contributed by atoms with van der Waals surface area (Å²) in [6.07, 6.45) is 0. The molecule has 96 valence electrons. The summed E-state index contributed by atoms with van der Waals surface area (Å²) in [5.74, 6) is 0. The van der Waals surface area contributed by atoms with Gasteiger partial charge >= 0.3 is 0 Å². The lowest BCUT2D eigenvalue weighted by molar-refractivity contribution is 1.19. The van der Waals surface area contributed by atoms with Crippen molar-refractivity contribution in [2.45, 2.75) is 6.54 Å². The summed E-state index contributed by atoms with van der Waals surface area (Å²) in [6.45, 7) is 0.696. The number of nitrogens with zero attached hydrogens (tertiary/aromatic N) is 3. The monoisotopic (exact) mass is 296 g/mol. The van der Waals surface area contributed by atoms with E-state index in [1.807, 2.05) is 17.5 Å². The third-order valence-electron chi connectivity index (χ3n) is 2.79. The second-order valence-electron chi connectivity index (χ2n) is 4.04. The number of nitrogens with one attached hydrogen (secondary N) is 1. The molecule has 0 aliphatic rings. The van der Waals surface area contributed by atoms with Gasteiger partial charge in [-0.3, -0.25) is 0 Å². The van der Waals surface area contributed by atoms with E-state index in [0.29, 0.717) is 23.3 Å². The molecule has 20 heavy (non-hydrogen) atoms. The Balaban J connectivity index is 2.03. The Morgan fingerprint density at radius 3 is 2.85 bits per heavy atom. The molecule has 3 heterocycles. The summed E-state index contributed by atoms with van der Waals surface area (Å²) in [7, 11) is 0. The van der Waals surface area contributed by atoms with E-state index in [2.05, 4.69) is 22.4 Å². The molecule has 0 saturated heterocycles. The summed E-state index contributed by atoms with van der Waals surface area (Å²) in [4.78, 5) is 5.43. The van der Waals surface area contributed by atoms with Crippen molar-refractivity contribution in [1.82, 2.24) is 4.98 Å². The summed E-state index contributed by atoms with van der Waals surface area (Å²) < 4.78 is 0.914. The van der Waals surface area contributed by atoms with Crippen molar-refractivity contribution in [3.63, 3.8) is 0 Å². The van der Waals surface area contributed by atoms with E-state index in [9.17, 15) is 0 Å². The van der Waals surface area contributed by atoms with Gasteiger partial charge in [0, 0.05) is 16.8 Å². The molecule has 0 fully saturated rings. The van der Waals surface area contributed by atoms with Crippen molar-refractivity contribution in [3.05, 3.63) is 45.1 Å². The van der Waals surface area contributed by atoms with Crippen molar-refractivity contribution >= 4 is 38.6 Å². The second kappa shape index (κ2) is 5.30. The van der Waals surface area contributed by atoms with Crippen molar-refractivity contribution in [3.8, 4) is 12.1 Å². The number of thiophene rings is 2. The Morgan fingerprint density at radius 1 is 1.25 bits per heavy atom. The number of hydrogen-bond acceptors (Lipinski definition) is 6. The summed E-state index contributed by atoms with van der Waals surface area (Å²) in [6, 6.07) is 9.94. The number of fused-ring (bicyclic) bond motifs is 1. The highest BCUT2D eigenvalue weighted by Crippen LogP contribution is 2.31. The highest BCUT2D eigenvalue weighted by Gasteiger charge is 2.11. The zero-order valence-corrected chi connectivity index (χ0v) is 11.9. The lowest BCUT2D eigenvalue weighted by atomic mass is 10.2. The number of aromatic nitrogens is 1. The van der Waals surface area contributed by atoms with Crippen LogP contribution in [0.2, 0.25) is 0 Å². The SMILES string of the molecule is N#Cc1cc(NCc2cccs2)c2scc(C#N)c2n1. The molecule has 3 rings (SSSR count). The number of pyridine rings is 1. The summed E-state index contributed by atoms with van der Waals surface area (Å²) >= 11 is 3.14. The summed E-state index contributed by atoms with van der Waals surface area (Å²) in [5, 5.41) is 25.3. The van der Waals surface area contributed by atoms with Crippen LogP contribution >= 0.6 is 22.7 Å². The average molecular weight is 296 g/mol. The zero-order valence-electron chi connectivity index (χ0n) is 10.3. The maximum Gasteiger partial charge on any atom is 0.143 e. The smallest absolute Gasteiger partial charge is 0.143 e. The molecule has 4 nitrogen and oxygen atoms in total. The van der Waals surface area contributed by atoms with Gasteiger partial charge in [0.05, 0.1) is 16.0 Å². The van der Waals surface area contributed by atoms with Gasteiger partial charge in [-0.2, -0.15) is 10.5 Å². The fraction of sp³-hybridized carbons (Fsp3) is 0.0714. The quantitative estimate of drug-likeness (QED) is 0.799. The van der Waals surface area contributed by atoms with Crippen LogP contribution in [0.25, 0.3) is 10.2 Å². The standard InChI is InChI=1S/C14H8N4S2/c15-5-9-8-20-14-12(4-10(6-16)18-13(9)14)17-7-11-2-1-3-19-11/h1-4,8H,7H2,(H,17,18). The molecule has 0 aliphatic heterocycles. The molecule has 3 aromatic heterocycles. The van der Waals surface area contributed by atoms with Crippen LogP contribution in [0.1, 0.15) is 16.1 Å². The number of rotatable bonds is 3. The number of nitriles is 2. The van der Waals surface area contributed by atoms with Crippen molar-refractivity contribution in [2.24, 2.45) is 0 Å². The largest absolute Gasteiger partial charge is 0.379 e. The molecule has 0 aromatic carbocycles. The second-order valence-corrected chi connectivity index (χ2v) is 5.95. The fourth-order valence-electron chi connectivity index (χ4n) is 1.87. The molecule has 0 bridgehead atoms. The van der Waals surface area contributed by atoms with Crippen LogP contribution in [0.5, 0.6) is 0 Å². The van der Waals surface area contributed by atoms with Crippen LogP contribution in [0.4, 0.5) is 5.69 Å². The van der Waals surface area contributed by atoms with Gasteiger partial charge in [0.25, 0.3) is 0 Å². The third-order valence-corrected chi connectivity index (χ3v) is 4.67. The highest BCUT2D eigenvalue weighted by molar-refractivity contribution is 7.18. The van der Waals surface area contributed by atoms with Gasteiger partial charge in [0.15, 0.2) is 0 Å². The summed E-state index contributed by atoms with van der Waals surface area (Å²) in [5.41, 5.74) is 2.29. The maximum atomic E-state index is 9.07. The van der Waals surface area contributed by atoms with Gasteiger partial charge in [-0.25, -0.2) is 4.98 Å². The molecule has 0 radical (unpaired) electrons. The Kier molecular flexibility index (Phi) is 3.34. The molecule has 3 aromatic rings. The molecule has 0 aliphatic carbocycles. The lowest BCUT2D eigenvalue weighted by Gasteiger charge is -2.06. The Hall–Kier alpha value is -2.41. The minimum absolute atomic E-state index is 0.320. The zero-order chi connectivity index (χ0) is 13.9. The molecule has 1 N–H and O–H groups in total. The molecule has 0 amide bonds. The highest BCUT2D eigenvalue weighted by atomic mass is 32.1. The predicted octanol–water partition coefficient (Wildman–Crippen LogP) is 3.71. The topological polar surface area (TPSA) is 72.5 Å². The molecular weight excluding hydrogens is 288 g/mol. The van der Waals surface area contributed by atoms with Gasteiger partial charge in [0.2, 0.25) is 0 Å². The van der Waals surface area contributed by atoms with E-state index in [1.54, 1.807) is 22.8 Å². The van der Waals surface area contributed by atoms with E-state index < -0.39 is 0 Å². The van der Waals surface area contributed by atoms with Crippen LogP contribution in [-0.2, 0) is 6.54 Å². The predicted molar refractivity (Wildman–Crippen MR) is 80.7 cm³/mol. The van der Waals surface area contributed by atoms with E-state index in [4.69, 9.17) is 10.5 Å². The number of hydrogen-bond donors (Lipinski definition) is 1. The molecular formula is C14H8N4S2. The average Bonchev–Trinajstić information content (AvgIpc) is 3.13. The van der Waals surface area contributed by atoms with E-state index in [0.717, 1.165) is 10.4 Å². The first-order valence-corrected chi connectivity index (χ1v) is 7.56. The van der Waals surface area contributed by atoms with E-state index in [1.165, 1.54) is 16.2 Å². The molecule has 0 saturated carbocycles. The van der Waals surface area contributed by atoms with E-state index in [-0.39, 0.29) is 0 Å². The van der Waals surface area contributed by atoms with Crippen LogP contribution < -0.4 is 5.32 Å². The van der Waals surface area contributed by atoms with Gasteiger partial charge in [-0.15, -0.1) is 22.7 Å². The third kappa shape index (κ3) is 2.23. The van der Waals surface area contributed by atoms with Crippen LogP contribution in [0, 0.1) is 22.7 Å². The maximum absolute atomic E-state index is 9.07. The molecule has 0 spiro atoms. The molecule has 0 atom stereocenters. The minimum Gasteiger partial charge on any atom is -0.379 e. The van der Waals surface area contributed by atoms with Gasteiger partial charge in [-0.1, -0.05) is 6.07 Å². The first-order valence-electron chi connectivity index (χ1n) is 5.80. The number of anilines is 1. The van der Waals surface area contributed by atoms with E-state index >= 15 is 0 Å². The van der Waals surface area contributed by atoms with Crippen molar-refractivity contribution < 1.29 is 0 Å². The van der Waals surface area contributed by atoms with Gasteiger partial charge in [0.1, 0.15) is 23.3 Å². The first-order chi connectivity index (χ1) is 9.81. The minimum atomic E-state index is 0.320. The normalized spacial score (nSPS) is 10.1. The lowest BCUT2D eigenvalue weighted by Crippen LogP contribution is -1.99. The van der Waals surface area contributed by atoms with Gasteiger partial charge in [-0.05, 0) is 17.5 Å². The molecule has 0 unspecified atom stereocenters. The van der Waals surface area contributed by atoms with Crippen LogP contribution in [-0.4, -0.2) is 4.98 Å². The Labute approximate surface area is 123 Å². The fourth-order valence-corrected chi connectivity index (χ4v) is 3.44. The van der Waals surface area contributed by atoms with Crippen molar-refractivity contribution in [1.29, 1.82) is 10.5 Å². The van der Waals surface area contributed by atoms with Crippen molar-refractivity contribution in [2.75, 3.05) is 5.32 Å². The Bertz CT molecular complexity index is 835. The first kappa shape index (κ1) is 12.6. The Morgan fingerprint density at radius 2 is 2.15 bits per heavy atom. The van der Waals surface area contributed by atoms with Gasteiger partial charge < -0.3 is 5.32 Å².